The van der Waals surface area contributed by atoms with E-state index in [1.807, 2.05) is 18.2 Å². The smallest absolute Gasteiger partial charge is 0.231 e. The average molecular weight is 313 g/mol. The number of nitrogen functional groups attached to an aromatic ring is 1. The molecule has 4 rings (SSSR count). The normalized spacial score (nSPS) is 18.3. The molecule has 1 atom stereocenters. The van der Waals surface area contributed by atoms with Crippen LogP contribution in [0.15, 0.2) is 24.3 Å². The first kappa shape index (κ1) is 13.7. The van der Waals surface area contributed by atoms with Crippen molar-refractivity contribution >= 4 is 17.5 Å². The van der Waals surface area contributed by atoms with E-state index in [9.17, 15) is 4.79 Å². The van der Waals surface area contributed by atoms with Gasteiger partial charge in [0.25, 0.3) is 0 Å². The molecule has 0 radical (unpaired) electrons. The summed E-state index contributed by atoms with van der Waals surface area (Å²) in [6.07, 6.45) is 0.321. The Morgan fingerprint density at radius 1 is 1.35 bits per heavy atom. The molecular formula is C16H15N3O4. The van der Waals surface area contributed by atoms with Gasteiger partial charge in [0.2, 0.25) is 18.4 Å². The van der Waals surface area contributed by atoms with Gasteiger partial charge in [0.1, 0.15) is 11.6 Å². The van der Waals surface area contributed by atoms with Gasteiger partial charge in [-0.05, 0) is 23.8 Å². The number of nitrogens with zero attached hydrogens (tertiary/aromatic N) is 1. The van der Waals surface area contributed by atoms with Gasteiger partial charge in [-0.15, -0.1) is 0 Å². The van der Waals surface area contributed by atoms with Crippen molar-refractivity contribution in [2.75, 3.05) is 25.0 Å². The first-order valence-corrected chi connectivity index (χ1v) is 7.19. The standard InChI is InChI=1S/C16H15N3O4/c1-21-11-4-8(5-12-15(11)23-7-22-12)10-6-14(20)19-16-9(10)2-3-13(17)18-16/h2-5,10H,6-7H2,1H3,(H3,17,18,19,20). The highest BCUT2D eigenvalue weighted by atomic mass is 16.7. The highest BCUT2D eigenvalue weighted by Gasteiger charge is 2.30. The lowest BCUT2D eigenvalue weighted by atomic mass is 9.86. The molecular weight excluding hydrogens is 298 g/mol. The Kier molecular flexibility index (Phi) is 3.00. The van der Waals surface area contributed by atoms with Crippen LogP contribution in [0.1, 0.15) is 23.5 Å². The summed E-state index contributed by atoms with van der Waals surface area (Å²) in [5, 5.41) is 2.76. The molecule has 0 aliphatic carbocycles. The highest BCUT2D eigenvalue weighted by Crippen LogP contribution is 2.46. The number of nitrogens with two attached hydrogens (primary N) is 1. The molecule has 1 aromatic carbocycles. The Labute approximate surface area is 132 Å². The quantitative estimate of drug-likeness (QED) is 0.879. The molecule has 1 amide bonds. The third-order valence-electron chi connectivity index (χ3n) is 4.05. The molecule has 1 aromatic heterocycles. The summed E-state index contributed by atoms with van der Waals surface area (Å²) >= 11 is 0. The average Bonchev–Trinajstić information content (AvgIpc) is 3.01. The fraction of sp³-hybridized carbons (Fsp3) is 0.250. The molecule has 2 aliphatic heterocycles. The molecule has 0 fully saturated rings. The zero-order valence-electron chi connectivity index (χ0n) is 12.5. The summed E-state index contributed by atoms with van der Waals surface area (Å²) in [5.74, 6) is 2.43. The van der Waals surface area contributed by atoms with Crippen LogP contribution < -0.4 is 25.3 Å². The van der Waals surface area contributed by atoms with Gasteiger partial charge < -0.3 is 25.3 Å². The Morgan fingerprint density at radius 3 is 3.04 bits per heavy atom. The van der Waals surface area contributed by atoms with Crippen molar-refractivity contribution in [3.05, 3.63) is 35.4 Å². The number of benzene rings is 1. The van der Waals surface area contributed by atoms with Crippen LogP contribution in [0.3, 0.4) is 0 Å². The third-order valence-corrected chi connectivity index (χ3v) is 4.05. The monoisotopic (exact) mass is 313 g/mol. The molecule has 0 spiro atoms. The molecule has 2 aromatic rings. The first-order valence-electron chi connectivity index (χ1n) is 7.19. The summed E-state index contributed by atoms with van der Waals surface area (Å²) in [5.41, 5.74) is 7.54. The molecule has 7 heteroatoms. The number of aromatic nitrogens is 1. The minimum Gasteiger partial charge on any atom is -0.493 e. The van der Waals surface area contributed by atoms with Crippen molar-refractivity contribution in [3.63, 3.8) is 0 Å². The summed E-state index contributed by atoms with van der Waals surface area (Å²) in [6, 6.07) is 7.37. The Hall–Kier alpha value is -2.96. The maximum Gasteiger partial charge on any atom is 0.231 e. The SMILES string of the molecule is COc1cc(C2CC(=O)Nc3nc(N)ccc32)cc2c1OCO2. The van der Waals surface area contributed by atoms with Gasteiger partial charge in [-0.3, -0.25) is 4.79 Å². The second-order valence-corrected chi connectivity index (χ2v) is 5.44. The van der Waals surface area contributed by atoms with E-state index in [2.05, 4.69) is 10.3 Å². The lowest BCUT2D eigenvalue weighted by molar-refractivity contribution is -0.116. The summed E-state index contributed by atoms with van der Waals surface area (Å²) in [6.45, 7) is 0.162. The topological polar surface area (TPSA) is 95.7 Å². The largest absolute Gasteiger partial charge is 0.493 e. The molecule has 0 bridgehead atoms. The molecule has 1 unspecified atom stereocenters. The van der Waals surface area contributed by atoms with Crippen molar-refractivity contribution in [1.29, 1.82) is 0 Å². The van der Waals surface area contributed by atoms with Gasteiger partial charge in [-0.1, -0.05) is 6.07 Å². The molecule has 7 nitrogen and oxygen atoms in total. The fourth-order valence-electron chi connectivity index (χ4n) is 2.99. The molecule has 118 valence electrons. The fourth-order valence-corrected chi connectivity index (χ4v) is 2.99. The number of carbonyl (C=O) groups is 1. The molecule has 2 aliphatic rings. The molecule has 0 saturated carbocycles. The minimum atomic E-state index is -0.143. The third kappa shape index (κ3) is 2.21. The number of rotatable bonds is 2. The summed E-state index contributed by atoms with van der Waals surface area (Å²) in [4.78, 5) is 16.2. The van der Waals surface area contributed by atoms with Crippen LogP contribution in [0.5, 0.6) is 17.2 Å². The van der Waals surface area contributed by atoms with Gasteiger partial charge in [0.15, 0.2) is 11.5 Å². The first-order chi connectivity index (χ1) is 11.2. The van der Waals surface area contributed by atoms with Crippen molar-refractivity contribution in [3.8, 4) is 17.2 Å². The predicted molar refractivity (Wildman–Crippen MR) is 82.9 cm³/mol. The molecule has 23 heavy (non-hydrogen) atoms. The van der Waals surface area contributed by atoms with Gasteiger partial charge in [-0.25, -0.2) is 4.98 Å². The Bertz CT molecular complexity index is 806. The molecule has 3 N–H and O–H groups in total. The van der Waals surface area contributed by atoms with Crippen LogP contribution in [0, 0.1) is 0 Å². The van der Waals surface area contributed by atoms with Crippen LogP contribution >= 0.6 is 0 Å². The van der Waals surface area contributed by atoms with E-state index >= 15 is 0 Å². The second-order valence-electron chi connectivity index (χ2n) is 5.44. The second kappa shape index (κ2) is 5.05. The van der Waals surface area contributed by atoms with Gasteiger partial charge in [-0.2, -0.15) is 0 Å². The van der Waals surface area contributed by atoms with Gasteiger partial charge >= 0.3 is 0 Å². The maximum atomic E-state index is 12.0. The van der Waals surface area contributed by atoms with Crippen molar-refractivity contribution in [1.82, 2.24) is 4.98 Å². The highest BCUT2D eigenvalue weighted by molar-refractivity contribution is 5.94. The van der Waals surface area contributed by atoms with Crippen molar-refractivity contribution < 1.29 is 19.0 Å². The van der Waals surface area contributed by atoms with Gasteiger partial charge in [0.05, 0.1) is 7.11 Å². The Balaban J connectivity index is 1.84. The Morgan fingerprint density at radius 2 is 2.22 bits per heavy atom. The lowest BCUT2D eigenvalue weighted by Gasteiger charge is -2.25. The van der Waals surface area contributed by atoms with E-state index in [1.165, 1.54) is 0 Å². The van der Waals surface area contributed by atoms with E-state index in [1.54, 1.807) is 13.2 Å². The number of amides is 1. The van der Waals surface area contributed by atoms with E-state index < -0.39 is 0 Å². The van der Waals surface area contributed by atoms with E-state index in [4.69, 9.17) is 19.9 Å². The number of anilines is 2. The van der Waals surface area contributed by atoms with Crippen molar-refractivity contribution in [2.24, 2.45) is 0 Å². The van der Waals surface area contributed by atoms with E-state index in [0.29, 0.717) is 35.3 Å². The van der Waals surface area contributed by atoms with E-state index in [0.717, 1.165) is 11.1 Å². The summed E-state index contributed by atoms with van der Waals surface area (Å²) < 4.78 is 16.3. The van der Waals surface area contributed by atoms with E-state index in [-0.39, 0.29) is 18.6 Å². The van der Waals surface area contributed by atoms with Crippen LogP contribution in [0.25, 0.3) is 0 Å². The molecule has 0 saturated heterocycles. The number of fused-ring (bicyclic) bond motifs is 2. The zero-order chi connectivity index (χ0) is 16.0. The van der Waals surface area contributed by atoms with Crippen molar-refractivity contribution in [2.45, 2.75) is 12.3 Å². The predicted octanol–water partition coefficient (Wildman–Crippen LogP) is 1.88. The lowest BCUT2D eigenvalue weighted by Crippen LogP contribution is -2.24. The van der Waals surface area contributed by atoms with Crippen LogP contribution in [0.2, 0.25) is 0 Å². The number of ether oxygens (including phenoxy) is 3. The van der Waals surface area contributed by atoms with Crippen LogP contribution in [0.4, 0.5) is 11.6 Å². The number of hydrogen-bond donors (Lipinski definition) is 2. The minimum absolute atomic E-state index is 0.0998. The number of nitrogens with one attached hydrogen (secondary N) is 1. The number of carbonyl (C=O) groups excluding carboxylic acids is 1. The number of methoxy groups -OCH3 is 1. The number of hydrogen-bond acceptors (Lipinski definition) is 6. The summed E-state index contributed by atoms with van der Waals surface area (Å²) in [7, 11) is 1.57. The molecule has 3 heterocycles. The number of pyridine rings is 1. The van der Waals surface area contributed by atoms with Crippen LogP contribution in [-0.4, -0.2) is 24.8 Å². The zero-order valence-corrected chi connectivity index (χ0v) is 12.5. The van der Waals surface area contributed by atoms with Gasteiger partial charge in [0, 0.05) is 17.9 Å². The van der Waals surface area contributed by atoms with Crippen LogP contribution in [-0.2, 0) is 4.79 Å². The maximum absolute atomic E-state index is 12.0.